The number of fused-ring (bicyclic) bond motifs is 6. The van der Waals surface area contributed by atoms with Crippen LogP contribution in [0.2, 0.25) is 0 Å². The third-order valence-corrected chi connectivity index (χ3v) is 9.55. The Labute approximate surface area is 261 Å². The van der Waals surface area contributed by atoms with Gasteiger partial charge in [-0.15, -0.1) is 0 Å². The Balaban J connectivity index is 0.000000175. The molecule has 16 heteroatoms. The van der Waals surface area contributed by atoms with Crippen molar-refractivity contribution in [1.29, 1.82) is 0 Å². The van der Waals surface area contributed by atoms with E-state index in [1.807, 2.05) is 24.3 Å². The third-order valence-electron chi connectivity index (χ3n) is 5.89. The minimum atomic E-state index is -4.64. The molecule has 0 amide bonds. The molecule has 2 aliphatic rings. The van der Waals surface area contributed by atoms with Gasteiger partial charge in [-0.05, 0) is 24.3 Å². The molecule has 0 bridgehead atoms. The van der Waals surface area contributed by atoms with Gasteiger partial charge in [0.05, 0.1) is 22.1 Å². The fourth-order valence-corrected chi connectivity index (χ4v) is 7.23. The van der Waals surface area contributed by atoms with Crippen LogP contribution in [0.5, 0.6) is 0 Å². The quantitative estimate of drug-likeness (QED) is 0.125. The fourth-order valence-electron chi connectivity index (χ4n) is 4.11. The van der Waals surface area contributed by atoms with Crippen LogP contribution in [0.15, 0.2) is 97.6 Å². The van der Waals surface area contributed by atoms with Crippen molar-refractivity contribution < 1.29 is 62.3 Å². The maximum Gasteiger partial charge on any atom is 2.00 e. The number of carbonyl (C=O) groups excluding carboxylic acids is 4. The van der Waals surface area contributed by atoms with Crippen molar-refractivity contribution in [2.75, 3.05) is 0 Å². The molecule has 44 heavy (non-hydrogen) atoms. The molecule has 1 spiro atoms. The first-order valence-electron chi connectivity index (χ1n) is 12.0. The topological polar surface area (TPSA) is 220 Å². The summed E-state index contributed by atoms with van der Waals surface area (Å²) < 4.78 is 17.0. The second kappa shape index (κ2) is 13.9. The van der Waals surface area contributed by atoms with E-state index in [0.29, 0.717) is 0 Å². The molecule has 4 aromatic heterocycles. The Bertz CT molecular complexity index is 1740. The van der Waals surface area contributed by atoms with E-state index in [0.717, 1.165) is 43.6 Å². The van der Waals surface area contributed by atoms with Crippen molar-refractivity contribution in [2.24, 2.45) is 0 Å². The average Bonchev–Trinajstić information content (AvgIpc) is 3.45. The molecule has 2 fully saturated rings. The summed E-state index contributed by atoms with van der Waals surface area (Å²) in [5.74, 6) is -5.27. The minimum absolute atomic E-state index is 0. The molecule has 6 heterocycles. The summed E-state index contributed by atoms with van der Waals surface area (Å²) >= 11 is -4.64. The number of aromatic nitrogens is 4. The van der Waals surface area contributed by atoms with E-state index in [1.54, 1.807) is 24.8 Å². The third kappa shape index (κ3) is 6.61. The van der Waals surface area contributed by atoms with Crippen molar-refractivity contribution >= 4 is 82.1 Å². The van der Waals surface area contributed by atoms with E-state index in [9.17, 15) is 19.2 Å². The summed E-state index contributed by atoms with van der Waals surface area (Å²) in [7, 11) is 0. The molecule has 0 unspecified atom stereocenters. The molecule has 2 aliphatic heterocycles. The summed E-state index contributed by atoms with van der Waals surface area (Å²) in [6, 6.07) is 24.3. The van der Waals surface area contributed by atoms with Gasteiger partial charge in [0.15, 0.2) is 0 Å². The first-order chi connectivity index (χ1) is 19.9. The van der Waals surface area contributed by atoms with E-state index < -0.39 is 38.5 Å². The zero-order valence-corrected chi connectivity index (χ0v) is 25.1. The molecule has 0 atom stereocenters. The van der Waals surface area contributed by atoms with Crippen molar-refractivity contribution in [2.45, 2.75) is 0 Å². The Morgan fingerprint density at radius 1 is 0.409 bits per heavy atom. The molecule has 2 aromatic carbocycles. The summed E-state index contributed by atoms with van der Waals surface area (Å²) in [5, 5.41) is 4.55. The minimum Gasteiger partial charge on any atom is -0.254 e. The number of nitrogens with zero attached hydrogens (tertiary/aromatic N) is 4. The van der Waals surface area contributed by atoms with E-state index in [-0.39, 0.29) is 28.0 Å². The van der Waals surface area contributed by atoms with Crippen LogP contribution in [-0.2, 0) is 51.3 Å². The maximum absolute atomic E-state index is 10.5. The summed E-state index contributed by atoms with van der Waals surface area (Å²) in [6.45, 7) is 0. The second-order valence-electron chi connectivity index (χ2n) is 8.49. The molecular weight excluding hydrogens is 688 g/mol. The van der Waals surface area contributed by atoms with E-state index in [1.165, 1.54) is 0 Å². The van der Waals surface area contributed by atoms with Crippen LogP contribution in [0.3, 0.4) is 0 Å². The monoisotopic (exact) mass is 709 g/mol. The van der Waals surface area contributed by atoms with Gasteiger partial charge in [-0.25, -0.2) is 0 Å². The van der Waals surface area contributed by atoms with E-state index in [4.69, 9.17) is 0 Å². The fraction of sp³-hybridized carbons (Fsp3) is 0. The average molecular weight is 709 g/mol. The molecule has 0 aliphatic carbocycles. The number of hydrogen-bond acceptors (Lipinski definition) is 12. The summed E-state index contributed by atoms with van der Waals surface area (Å²) in [6.07, 6.45) is 7.21. The molecule has 4 N–H and O–H groups in total. The standard InChI is InChI=1S/2C12H8N2.C4GeO8.Cu.2H2O/c2*1-3-9-5-6-10-4-2-8-14-12(10)11(9)13-7-1;6-1-2(7)11-5(10-1)12-3(8)4(9)13-5;;;/h2*1-8H;;;2*1H2/q;;;+2;;. The Morgan fingerprint density at radius 3 is 0.864 bits per heavy atom. The number of benzene rings is 2. The number of pyridine rings is 4. The second-order valence-corrected chi connectivity index (χ2v) is 12.3. The van der Waals surface area contributed by atoms with Crippen LogP contribution in [0, 0.1) is 0 Å². The van der Waals surface area contributed by atoms with Crippen molar-refractivity contribution in [3.63, 3.8) is 0 Å². The van der Waals surface area contributed by atoms with Gasteiger partial charge in [0, 0.05) is 46.3 Å². The molecule has 225 valence electrons. The van der Waals surface area contributed by atoms with Crippen LogP contribution >= 0.6 is 0 Å². The van der Waals surface area contributed by atoms with E-state index >= 15 is 0 Å². The number of rotatable bonds is 0. The van der Waals surface area contributed by atoms with Crippen LogP contribution < -0.4 is 0 Å². The molecule has 0 saturated carbocycles. The van der Waals surface area contributed by atoms with Crippen LogP contribution in [0.4, 0.5) is 0 Å². The van der Waals surface area contributed by atoms with Crippen LogP contribution in [0.25, 0.3) is 43.6 Å². The van der Waals surface area contributed by atoms with Gasteiger partial charge in [-0.2, -0.15) is 0 Å². The number of carbonyl (C=O) groups is 4. The predicted octanol–water partition coefficient (Wildman–Crippen LogP) is 1.54. The molecule has 14 nitrogen and oxygen atoms in total. The van der Waals surface area contributed by atoms with E-state index in [2.05, 4.69) is 83.5 Å². The first-order valence-corrected chi connectivity index (χ1v) is 15.4. The number of hydrogen-bond donors (Lipinski definition) is 0. The predicted molar refractivity (Wildman–Crippen MR) is 151 cm³/mol. The molecule has 6 aromatic rings. The Kier molecular flexibility index (Phi) is 10.6. The Hall–Kier alpha value is -5.06. The molecule has 8 rings (SSSR count). The van der Waals surface area contributed by atoms with Crippen LogP contribution in [0.1, 0.15) is 0 Å². The van der Waals surface area contributed by atoms with Crippen LogP contribution in [-0.4, -0.2) is 69.4 Å². The summed E-state index contributed by atoms with van der Waals surface area (Å²) in [4.78, 5) is 59.5. The smallest absolute Gasteiger partial charge is 0.254 e. The zero-order valence-electron chi connectivity index (χ0n) is 22.1. The van der Waals surface area contributed by atoms with Gasteiger partial charge in [0.2, 0.25) is 0 Å². The van der Waals surface area contributed by atoms with Gasteiger partial charge in [-0.3, -0.25) is 19.9 Å². The normalized spacial score (nSPS) is 14.0. The van der Waals surface area contributed by atoms with Crippen molar-refractivity contribution in [3.8, 4) is 0 Å². The molecule has 2 saturated heterocycles. The zero-order chi connectivity index (χ0) is 28.4. The first kappa shape index (κ1) is 33.4. The van der Waals surface area contributed by atoms with Gasteiger partial charge in [0.25, 0.3) is 0 Å². The SMILES string of the molecule is O.O.O=C1[O][Ge]2([O]C1=O)[O]C(=O)C(=O)[O]2.[Cu+2].c1cnc2c(c1)ccc1cccnc12.c1cnc2c(c1)ccc1cccnc12. The van der Waals surface area contributed by atoms with Gasteiger partial charge in [0.1, 0.15) is 0 Å². The van der Waals surface area contributed by atoms with Gasteiger partial charge >= 0.3 is 89.8 Å². The maximum atomic E-state index is 10.5. The summed E-state index contributed by atoms with van der Waals surface area (Å²) in [5.41, 5.74) is 3.91. The Morgan fingerprint density at radius 2 is 0.636 bits per heavy atom. The largest absolute Gasteiger partial charge is 2.00 e. The molecule has 1 radical (unpaired) electrons. The van der Waals surface area contributed by atoms with Gasteiger partial charge < -0.3 is 11.0 Å². The van der Waals surface area contributed by atoms with Gasteiger partial charge in [-0.1, -0.05) is 48.5 Å². The molecular formula is C28H20CuGeN4O10+2. The van der Waals surface area contributed by atoms with Crippen molar-refractivity contribution in [3.05, 3.63) is 97.6 Å². The van der Waals surface area contributed by atoms with Crippen molar-refractivity contribution in [1.82, 2.24) is 19.9 Å².